The molecule has 31 heavy (non-hydrogen) atoms. The number of carbonyl (C=O) groups excluding carboxylic acids is 1. The van der Waals surface area contributed by atoms with Crippen LogP contribution in [0, 0.1) is 18.7 Å². The predicted octanol–water partition coefficient (Wildman–Crippen LogP) is 5.52. The summed E-state index contributed by atoms with van der Waals surface area (Å²) in [5.74, 6) is -0.411. The number of nitrogens with zero attached hydrogens (tertiary/aromatic N) is 2. The standard InChI is InChI=1S/C24H23ClFN3O2/c1-15-22(30)21(19-9-5-6-10-20(19)25)23(27-24(31)16-7-3-2-4-8-16)29(28-15)18-13-11-17(26)12-14-18/h5-6,9-14,16H,2-4,7-8H2,1H3,(H,27,31). The van der Waals surface area contributed by atoms with Crippen LogP contribution in [-0.4, -0.2) is 15.7 Å². The first-order valence-electron chi connectivity index (χ1n) is 10.4. The van der Waals surface area contributed by atoms with Crippen molar-refractivity contribution in [3.05, 3.63) is 75.3 Å². The molecule has 0 radical (unpaired) electrons. The zero-order valence-electron chi connectivity index (χ0n) is 17.2. The van der Waals surface area contributed by atoms with Crippen LogP contribution < -0.4 is 10.7 Å². The van der Waals surface area contributed by atoms with E-state index in [-0.39, 0.29) is 40.1 Å². The van der Waals surface area contributed by atoms with Gasteiger partial charge in [0.2, 0.25) is 11.3 Å². The van der Waals surface area contributed by atoms with Crippen molar-refractivity contribution in [1.29, 1.82) is 0 Å². The van der Waals surface area contributed by atoms with Crippen molar-refractivity contribution in [2.75, 3.05) is 5.32 Å². The average Bonchev–Trinajstić information content (AvgIpc) is 2.78. The van der Waals surface area contributed by atoms with E-state index in [0.717, 1.165) is 32.1 Å². The molecular formula is C24H23ClFN3O2. The number of nitrogens with one attached hydrogen (secondary N) is 1. The minimum atomic E-state index is -0.388. The number of halogens is 2. The first-order valence-corrected chi connectivity index (χ1v) is 10.8. The third kappa shape index (κ3) is 4.39. The maximum absolute atomic E-state index is 13.5. The Morgan fingerprint density at radius 1 is 1.10 bits per heavy atom. The van der Waals surface area contributed by atoms with Gasteiger partial charge in [0.05, 0.1) is 11.3 Å². The molecule has 3 aromatic rings. The van der Waals surface area contributed by atoms with Crippen LogP contribution in [0.4, 0.5) is 10.2 Å². The summed E-state index contributed by atoms with van der Waals surface area (Å²) < 4.78 is 15.0. The third-order valence-corrected chi connectivity index (χ3v) is 6.02. The summed E-state index contributed by atoms with van der Waals surface area (Å²) in [5, 5.41) is 7.77. The number of benzene rings is 2. The number of hydrogen-bond donors (Lipinski definition) is 1. The largest absolute Gasteiger partial charge is 0.310 e. The maximum atomic E-state index is 13.5. The van der Waals surface area contributed by atoms with Crippen molar-refractivity contribution in [2.24, 2.45) is 5.92 Å². The number of aromatic nitrogens is 2. The van der Waals surface area contributed by atoms with E-state index in [2.05, 4.69) is 10.4 Å². The van der Waals surface area contributed by atoms with Crippen LogP contribution in [0.2, 0.25) is 5.02 Å². The molecule has 1 N–H and O–H groups in total. The van der Waals surface area contributed by atoms with E-state index in [1.807, 2.05) is 0 Å². The van der Waals surface area contributed by atoms with Crippen LogP contribution in [0.5, 0.6) is 0 Å². The average molecular weight is 440 g/mol. The fourth-order valence-corrected chi connectivity index (χ4v) is 4.25. The SMILES string of the molecule is Cc1nn(-c2ccc(F)cc2)c(NC(=O)C2CCCCC2)c(-c2ccccc2Cl)c1=O. The monoisotopic (exact) mass is 439 g/mol. The lowest BCUT2D eigenvalue weighted by Crippen LogP contribution is -2.29. The van der Waals surface area contributed by atoms with E-state index in [1.165, 1.54) is 16.8 Å². The minimum absolute atomic E-state index is 0.120. The molecule has 5 nitrogen and oxygen atoms in total. The zero-order chi connectivity index (χ0) is 22.0. The van der Waals surface area contributed by atoms with Gasteiger partial charge in [0, 0.05) is 16.5 Å². The van der Waals surface area contributed by atoms with Gasteiger partial charge in [0.25, 0.3) is 0 Å². The first-order chi connectivity index (χ1) is 15.0. The highest BCUT2D eigenvalue weighted by Crippen LogP contribution is 2.33. The summed E-state index contributed by atoms with van der Waals surface area (Å²) in [7, 11) is 0. The van der Waals surface area contributed by atoms with Crippen LogP contribution in [0.25, 0.3) is 16.8 Å². The van der Waals surface area contributed by atoms with Gasteiger partial charge in [0.1, 0.15) is 17.3 Å². The predicted molar refractivity (Wildman–Crippen MR) is 120 cm³/mol. The quantitative estimate of drug-likeness (QED) is 0.582. The van der Waals surface area contributed by atoms with Crippen LogP contribution >= 0.6 is 11.6 Å². The number of amides is 1. The summed E-state index contributed by atoms with van der Waals surface area (Å²) in [6.07, 6.45) is 4.76. The fraction of sp³-hybridized carbons (Fsp3) is 0.292. The molecule has 160 valence electrons. The molecule has 4 rings (SSSR count). The molecule has 0 saturated heterocycles. The Kier molecular flexibility index (Phi) is 6.18. The number of anilines is 1. The van der Waals surface area contributed by atoms with Gasteiger partial charge in [-0.3, -0.25) is 9.59 Å². The van der Waals surface area contributed by atoms with Crippen LogP contribution in [0.15, 0.2) is 53.3 Å². The third-order valence-electron chi connectivity index (χ3n) is 5.69. The molecule has 0 spiro atoms. The lowest BCUT2D eigenvalue weighted by Gasteiger charge is -2.23. The van der Waals surface area contributed by atoms with Crippen LogP contribution in [-0.2, 0) is 4.79 Å². The molecule has 0 bridgehead atoms. The lowest BCUT2D eigenvalue weighted by molar-refractivity contribution is -0.120. The highest BCUT2D eigenvalue weighted by atomic mass is 35.5. The Morgan fingerprint density at radius 2 is 1.77 bits per heavy atom. The van der Waals surface area contributed by atoms with Gasteiger partial charge in [-0.15, -0.1) is 0 Å². The molecule has 1 aliphatic carbocycles. The molecular weight excluding hydrogens is 417 g/mol. The lowest BCUT2D eigenvalue weighted by atomic mass is 9.88. The second-order valence-electron chi connectivity index (χ2n) is 7.83. The summed E-state index contributed by atoms with van der Waals surface area (Å²) >= 11 is 6.43. The van der Waals surface area contributed by atoms with Gasteiger partial charge < -0.3 is 5.32 Å². The topological polar surface area (TPSA) is 64.0 Å². The summed E-state index contributed by atoms with van der Waals surface area (Å²) in [4.78, 5) is 26.3. The fourth-order valence-electron chi connectivity index (χ4n) is 4.02. The van der Waals surface area contributed by atoms with Crippen molar-refractivity contribution in [1.82, 2.24) is 9.78 Å². The van der Waals surface area contributed by atoms with Crippen molar-refractivity contribution < 1.29 is 9.18 Å². The second kappa shape index (κ2) is 9.02. The number of rotatable bonds is 4. The van der Waals surface area contributed by atoms with E-state index in [0.29, 0.717) is 16.3 Å². The smallest absolute Gasteiger partial charge is 0.228 e. The Morgan fingerprint density at radius 3 is 2.45 bits per heavy atom. The summed E-state index contributed by atoms with van der Waals surface area (Å²) in [5.41, 5.74) is 1.23. The van der Waals surface area contributed by atoms with Crippen molar-refractivity contribution in [2.45, 2.75) is 39.0 Å². The van der Waals surface area contributed by atoms with Gasteiger partial charge in [-0.05, 0) is 50.1 Å². The molecule has 1 saturated carbocycles. The molecule has 1 amide bonds. The Balaban J connectivity index is 1.92. The highest BCUT2D eigenvalue weighted by Gasteiger charge is 2.26. The van der Waals surface area contributed by atoms with Gasteiger partial charge >= 0.3 is 0 Å². The molecule has 1 heterocycles. The Labute approximate surface area is 184 Å². The van der Waals surface area contributed by atoms with E-state index >= 15 is 0 Å². The van der Waals surface area contributed by atoms with Crippen molar-refractivity contribution in [3.63, 3.8) is 0 Å². The summed E-state index contributed by atoms with van der Waals surface area (Å²) in [6.45, 7) is 1.61. The van der Waals surface area contributed by atoms with E-state index in [1.54, 1.807) is 43.3 Å². The Bertz CT molecular complexity index is 1170. The van der Waals surface area contributed by atoms with E-state index in [9.17, 15) is 14.0 Å². The van der Waals surface area contributed by atoms with E-state index in [4.69, 9.17) is 11.6 Å². The zero-order valence-corrected chi connectivity index (χ0v) is 18.0. The van der Waals surface area contributed by atoms with Crippen molar-refractivity contribution >= 4 is 23.3 Å². The van der Waals surface area contributed by atoms with Gasteiger partial charge in [-0.25, -0.2) is 9.07 Å². The van der Waals surface area contributed by atoms with Crippen LogP contribution in [0.1, 0.15) is 37.8 Å². The second-order valence-corrected chi connectivity index (χ2v) is 8.24. The van der Waals surface area contributed by atoms with Gasteiger partial charge in [-0.2, -0.15) is 5.10 Å². The highest BCUT2D eigenvalue weighted by molar-refractivity contribution is 6.33. The first kappa shape index (κ1) is 21.2. The number of hydrogen-bond acceptors (Lipinski definition) is 3. The molecule has 1 aliphatic rings. The molecule has 1 fully saturated rings. The van der Waals surface area contributed by atoms with Crippen LogP contribution in [0.3, 0.4) is 0 Å². The maximum Gasteiger partial charge on any atom is 0.228 e. The Hall–Kier alpha value is -2.99. The number of aryl methyl sites for hydroxylation is 1. The molecule has 0 atom stereocenters. The molecule has 0 unspecified atom stereocenters. The molecule has 1 aromatic heterocycles. The molecule has 0 aliphatic heterocycles. The summed E-state index contributed by atoms with van der Waals surface area (Å²) in [6, 6.07) is 12.7. The van der Waals surface area contributed by atoms with E-state index < -0.39 is 0 Å². The minimum Gasteiger partial charge on any atom is -0.310 e. The normalized spacial score (nSPS) is 14.4. The van der Waals surface area contributed by atoms with Crippen molar-refractivity contribution in [3.8, 4) is 16.8 Å². The molecule has 2 aromatic carbocycles. The number of carbonyl (C=O) groups is 1. The molecule has 7 heteroatoms. The van der Waals surface area contributed by atoms with Gasteiger partial charge in [-0.1, -0.05) is 49.1 Å². The van der Waals surface area contributed by atoms with Gasteiger partial charge in [0.15, 0.2) is 0 Å².